The number of ether oxygens (including phenoxy) is 1. The summed E-state index contributed by atoms with van der Waals surface area (Å²) in [4.78, 5) is 19.1. The van der Waals surface area contributed by atoms with E-state index >= 15 is 0 Å². The van der Waals surface area contributed by atoms with Crippen LogP contribution in [0.4, 0.5) is 0 Å². The van der Waals surface area contributed by atoms with Crippen molar-refractivity contribution in [2.75, 3.05) is 13.7 Å². The van der Waals surface area contributed by atoms with Gasteiger partial charge in [0.15, 0.2) is 0 Å². The molecular weight excluding hydrogens is 330 g/mol. The number of carbonyl (C=O) groups excluding carboxylic acids is 1. The second-order valence-electron chi connectivity index (χ2n) is 5.79. The van der Waals surface area contributed by atoms with E-state index in [1.165, 1.54) is 0 Å². The van der Waals surface area contributed by atoms with E-state index in [-0.39, 0.29) is 12.0 Å². The number of pyridine rings is 1. The number of carbonyl (C=O) groups is 1. The average molecular weight is 346 g/mol. The molecule has 0 N–H and O–H groups in total. The maximum absolute atomic E-state index is 12.9. The van der Waals surface area contributed by atoms with Crippen LogP contribution in [-0.4, -0.2) is 49.7 Å². The molecule has 4 rings (SSSR count). The molecule has 4 heterocycles. The molecule has 1 atom stereocenters. The Morgan fingerprint density at radius 1 is 1.29 bits per heavy atom. The quantitative estimate of drug-likeness (QED) is 0.711. The summed E-state index contributed by atoms with van der Waals surface area (Å²) < 4.78 is 9.13. The third-order valence-corrected chi connectivity index (χ3v) is 4.44. The van der Waals surface area contributed by atoms with Gasteiger partial charge in [-0.15, -0.1) is 0 Å². The van der Waals surface area contributed by atoms with Gasteiger partial charge in [-0.25, -0.2) is 4.98 Å². The van der Waals surface area contributed by atoms with Crippen LogP contribution < -0.4 is 0 Å². The number of rotatable bonds is 2. The van der Waals surface area contributed by atoms with E-state index in [0.717, 1.165) is 5.69 Å². The number of imidazole rings is 1. The van der Waals surface area contributed by atoms with Gasteiger partial charge >= 0.3 is 0 Å². The van der Waals surface area contributed by atoms with Gasteiger partial charge in [-0.3, -0.25) is 9.48 Å². The van der Waals surface area contributed by atoms with Crippen molar-refractivity contribution in [3.63, 3.8) is 0 Å². The predicted molar refractivity (Wildman–Crippen MR) is 88.0 cm³/mol. The number of fused-ring (bicyclic) bond motifs is 2. The summed E-state index contributed by atoms with van der Waals surface area (Å²) in [7, 11) is 1.65. The van der Waals surface area contributed by atoms with E-state index < -0.39 is 0 Å². The third kappa shape index (κ3) is 2.65. The Balaban J connectivity index is 1.66. The topological polar surface area (TPSA) is 64.7 Å². The van der Waals surface area contributed by atoms with Gasteiger partial charge in [0.25, 0.3) is 5.91 Å². The number of amides is 1. The monoisotopic (exact) mass is 345 g/mol. The Morgan fingerprint density at radius 2 is 2.17 bits per heavy atom. The number of halogens is 1. The molecule has 24 heavy (non-hydrogen) atoms. The van der Waals surface area contributed by atoms with Crippen LogP contribution in [0.25, 0.3) is 5.65 Å². The van der Waals surface area contributed by atoms with Gasteiger partial charge in [0, 0.05) is 32.2 Å². The van der Waals surface area contributed by atoms with Gasteiger partial charge in [-0.05, 0) is 18.2 Å². The molecule has 7 nitrogen and oxygen atoms in total. The van der Waals surface area contributed by atoms with Gasteiger partial charge in [0.1, 0.15) is 11.3 Å². The summed E-state index contributed by atoms with van der Waals surface area (Å²) in [5.41, 5.74) is 2.06. The molecule has 3 aromatic heterocycles. The molecule has 0 aliphatic carbocycles. The first kappa shape index (κ1) is 15.2. The highest BCUT2D eigenvalue weighted by Gasteiger charge is 2.27. The van der Waals surface area contributed by atoms with Crippen LogP contribution in [0.1, 0.15) is 16.2 Å². The number of aromatic nitrogens is 4. The second kappa shape index (κ2) is 5.92. The van der Waals surface area contributed by atoms with Crippen LogP contribution in [0, 0.1) is 0 Å². The Hall–Kier alpha value is -2.38. The molecule has 0 spiro atoms. The van der Waals surface area contributed by atoms with Crippen LogP contribution >= 0.6 is 11.6 Å². The lowest BCUT2D eigenvalue weighted by atomic mass is 10.3. The average Bonchev–Trinajstić information content (AvgIpc) is 3.15. The Kier molecular flexibility index (Phi) is 3.74. The summed E-state index contributed by atoms with van der Waals surface area (Å²) in [5, 5.41) is 4.88. The highest BCUT2D eigenvalue weighted by atomic mass is 35.5. The molecule has 0 aromatic carbocycles. The Labute approximate surface area is 143 Å². The molecular formula is C16H16ClN5O2. The zero-order valence-electron chi connectivity index (χ0n) is 13.1. The lowest BCUT2D eigenvalue weighted by Gasteiger charge is -2.22. The van der Waals surface area contributed by atoms with Crippen molar-refractivity contribution in [2.24, 2.45) is 0 Å². The molecule has 0 unspecified atom stereocenters. The van der Waals surface area contributed by atoms with Crippen molar-refractivity contribution in [2.45, 2.75) is 19.2 Å². The first-order valence-corrected chi connectivity index (χ1v) is 7.99. The normalized spacial score (nSPS) is 17.8. The molecule has 1 aliphatic heterocycles. The van der Waals surface area contributed by atoms with E-state index in [4.69, 9.17) is 16.3 Å². The summed E-state index contributed by atoms with van der Waals surface area (Å²) in [6, 6.07) is 5.46. The Bertz CT molecular complexity index is 903. The van der Waals surface area contributed by atoms with Crippen molar-refractivity contribution in [3.05, 3.63) is 53.2 Å². The summed E-state index contributed by atoms with van der Waals surface area (Å²) in [5.74, 6) is -0.133. The maximum atomic E-state index is 12.9. The van der Waals surface area contributed by atoms with Crippen LogP contribution in [0.5, 0.6) is 0 Å². The fraction of sp³-hybridized carbons (Fsp3) is 0.312. The van der Waals surface area contributed by atoms with Crippen LogP contribution in [-0.2, 0) is 17.8 Å². The minimum absolute atomic E-state index is 0.110. The van der Waals surface area contributed by atoms with Gasteiger partial charge in [-0.1, -0.05) is 11.6 Å². The molecule has 0 fully saturated rings. The number of methoxy groups -OCH3 is 1. The first-order valence-electron chi connectivity index (χ1n) is 7.61. The summed E-state index contributed by atoms with van der Waals surface area (Å²) in [6.45, 7) is 1.60. The van der Waals surface area contributed by atoms with Gasteiger partial charge < -0.3 is 14.0 Å². The standard InChI is InChI=1S/C16H16ClN5O2/c1-24-13-8-21(7-12-4-5-18-22(12)9-13)16(23)14-10-20-6-11(17)2-3-15(20)19-14/h2-6,10,13H,7-9H2,1H3/t13-/m0/s1. The number of nitrogens with zero attached hydrogens (tertiary/aromatic N) is 5. The van der Waals surface area contributed by atoms with Crippen LogP contribution in [0.3, 0.4) is 0 Å². The maximum Gasteiger partial charge on any atom is 0.274 e. The van der Waals surface area contributed by atoms with E-state index in [1.807, 2.05) is 10.7 Å². The highest BCUT2D eigenvalue weighted by molar-refractivity contribution is 6.30. The number of hydrogen-bond donors (Lipinski definition) is 0. The Morgan fingerprint density at radius 3 is 3.00 bits per heavy atom. The zero-order chi connectivity index (χ0) is 16.7. The minimum Gasteiger partial charge on any atom is -0.378 e. The molecule has 0 radical (unpaired) electrons. The summed E-state index contributed by atoms with van der Waals surface area (Å²) in [6.07, 6.45) is 5.06. The minimum atomic E-state index is -0.133. The van der Waals surface area contributed by atoms with Crippen molar-refractivity contribution in [1.82, 2.24) is 24.1 Å². The molecule has 0 saturated heterocycles. The van der Waals surface area contributed by atoms with Gasteiger partial charge in [0.05, 0.1) is 29.9 Å². The summed E-state index contributed by atoms with van der Waals surface area (Å²) >= 11 is 5.99. The molecule has 0 bridgehead atoms. The fourth-order valence-electron chi connectivity index (χ4n) is 2.95. The van der Waals surface area contributed by atoms with E-state index in [1.54, 1.807) is 47.1 Å². The van der Waals surface area contributed by atoms with Crippen molar-refractivity contribution >= 4 is 23.2 Å². The fourth-order valence-corrected chi connectivity index (χ4v) is 3.12. The van der Waals surface area contributed by atoms with Crippen molar-refractivity contribution in [1.29, 1.82) is 0 Å². The molecule has 3 aromatic rings. The van der Waals surface area contributed by atoms with E-state index in [0.29, 0.717) is 36.0 Å². The first-order chi connectivity index (χ1) is 11.6. The lowest BCUT2D eigenvalue weighted by molar-refractivity contribution is 0.0447. The van der Waals surface area contributed by atoms with E-state index in [2.05, 4.69) is 10.1 Å². The van der Waals surface area contributed by atoms with Gasteiger partial charge in [0.2, 0.25) is 0 Å². The van der Waals surface area contributed by atoms with E-state index in [9.17, 15) is 4.79 Å². The van der Waals surface area contributed by atoms with Crippen molar-refractivity contribution in [3.8, 4) is 0 Å². The SMILES string of the molecule is CO[C@H]1CN(C(=O)c2cn3cc(Cl)ccc3n2)Cc2ccnn2C1. The number of hydrogen-bond acceptors (Lipinski definition) is 4. The molecule has 8 heteroatoms. The molecule has 1 aliphatic rings. The smallest absolute Gasteiger partial charge is 0.274 e. The van der Waals surface area contributed by atoms with Crippen molar-refractivity contribution < 1.29 is 9.53 Å². The van der Waals surface area contributed by atoms with Crippen LogP contribution in [0.15, 0.2) is 36.8 Å². The molecule has 124 valence electrons. The lowest BCUT2D eigenvalue weighted by Crippen LogP contribution is -2.37. The molecule has 0 saturated carbocycles. The predicted octanol–water partition coefficient (Wildman–Crippen LogP) is 1.86. The molecule has 1 amide bonds. The largest absolute Gasteiger partial charge is 0.378 e. The third-order valence-electron chi connectivity index (χ3n) is 4.21. The second-order valence-corrected chi connectivity index (χ2v) is 6.22. The van der Waals surface area contributed by atoms with Crippen LogP contribution in [0.2, 0.25) is 5.02 Å². The van der Waals surface area contributed by atoms with Gasteiger partial charge in [-0.2, -0.15) is 5.10 Å². The highest BCUT2D eigenvalue weighted by Crippen LogP contribution is 2.17. The zero-order valence-corrected chi connectivity index (χ0v) is 13.8.